The van der Waals surface area contributed by atoms with E-state index in [2.05, 4.69) is 15.9 Å². The number of benzene rings is 2. The molecule has 0 atom stereocenters. The van der Waals surface area contributed by atoms with E-state index in [4.69, 9.17) is 0 Å². The largest absolute Gasteiger partial charge is 0.385 e. The molecule has 0 spiro atoms. The van der Waals surface area contributed by atoms with Crippen LogP contribution in [0.4, 0.5) is 5.69 Å². The lowest BCUT2D eigenvalue weighted by molar-refractivity contribution is -0.384. The number of rotatable bonds is 3. The van der Waals surface area contributed by atoms with Gasteiger partial charge < -0.3 is 10.0 Å². The Morgan fingerprint density at radius 3 is 2.40 bits per heavy atom. The Bertz CT molecular complexity index is 799. The third-order valence-electron chi connectivity index (χ3n) is 4.56. The minimum Gasteiger partial charge on any atom is -0.385 e. The van der Waals surface area contributed by atoms with Crippen molar-refractivity contribution in [2.45, 2.75) is 18.4 Å². The fourth-order valence-electron chi connectivity index (χ4n) is 3.06. The van der Waals surface area contributed by atoms with Crippen LogP contribution in [0.25, 0.3) is 0 Å². The first-order valence-corrected chi connectivity index (χ1v) is 8.70. The zero-order valence-corrected chi connectivity index (χ0v) is 15.0. The Balaban J connectivity index is 1.71. The van der Waals surface area contributed by atoms with Gasteiger partial charge in [0.05, 0.1) is 10.5 Å². The monoisotopic (exact) mass is 404 g/mol. The van der Waals surface area contributed by atoms with Gasteiger partial charge in [0.25, 0.3) is 11.6 Å². The van der Waals surface area contributed by atoms with Gasteiger partial charge in [-0.15, -0.1) is 0 Å². The molecule has 0 saturated carbocycles. The van der Waals surface area contributed by atoms with Crippen LogP contribution in [0.5, 0.6) is 0 Å². The Labute approximate surface area is 153 Å². The van der Waals surface area contributed by atoms with Crippen LogP contribution < -0.4 is 0 Å². The number of piperidine rings is 1. The zero-order chi connectivity index (χ0) is 18.0. The van der Waals surface area contributed by atoms with Crippen LogP contribution in [0.15, 0.2) is 53.0 Å². The summed E-state index contributed by atoms with van der Waals surface area (Å²) in [5, 5.41) is 21.7. The summed E-state index contributed by atoms with van der Waals surface area (Å²) in [7, 11) is 0. The summed E-state index contributed by atoms with van der Waals surface area (Å²) in [5.74, 6) is -0.249. The minimum atomic E-state index is -0.958. The summed E-state index contributed by atoms with van der Waals surface area (Å²) in [5.41, 5.74) is 0.0656. The maximum Gasteiger partial charge on any atom is 0.270 e. The van der Waals surface area contributed by atoms with E-state index >= 15 is 0 Å². The smallest absolute Gasteiger partial charge is 0.270 e. The Kier molecular flexibility index (Phi) is 4.87. The SMILES string of the molecule is O=C(c1cccc([N+](=O)[O-])c1)N1CCC(O)(c2ccc(Br)cc2)CC1. The van der Waals surface area contributed by atoms with E-state index in [0.29, 0.717) is 31.5 Å². The molecule has 1 fully saturated rings. The average molecular weight is 405 g/mol. The van der Waals surface area contributed by atoms with Gasteiger partial charge in [0.2, 0.25) is 0 Å². The highest BCUT2D eigenvalue weighted by Gasteiger charge is 2.35. The first-order valence-electron chi connectivity index (χ1n) is 7.91. The molecule has 0 unspecified atom stereocenters. The van der Waals surface area contributed by atoms with Crippen LogP contribution >= 0.6 is 15.9 Å². The third-order valence-corrected chi connectivity index (χ3v) is 5.09. The highest BCUT2D eigenvalue weighted by molar-refractivity contribution is 9.10. The van der Waals surface area contributed by atoms with Crippen molar-refractivity contribution in [1.29, 1.82) is 0 Å². The molecule has 0 radical (unpaired) electrons. The molecule has 25 heavy (non-hydrogen) atoms. The van der Waals surface area contributed by atoms with Gasteiger partial charge in [-0.3, -0.25) is 14.9 Å². The Morgan fingerprint density at radius 1 is 1.16 bits per heavy atom. The topological polar surface area (TPSA) is 83.7 Å². The third kappa shape index (κ3) is 3.72. The maximum atomic E-state index is 12.6. The number of carbonyl (C=O) groups is 1. The van der Waals surface area contributed by atoms with E-state index in [-0.39, 0.29) is 11.6 Å². The van der Waals surface area contributed by atoms with Gasteiger partial charge in [0.15, 0.2) is 0 Å². The lowest BCUT2D eigenvalue weighted by Crippen LogP contribution is -2.45. The summed E-state index contributed by atoms with van der Waals surface area (Å²) in [6, 6.07) is 13.3. The number of amides is 1. The highest BCUT2D eigenvalue weighted by Crippen LogP contribution is 2.34. The first kappa shape index (κ1) is 17.6. The van der Waals surface area contributed by atoms with Gasteiger partial charge in [-0.05, 0) is 36.6 Å². The molecule has 1 aliphatic heterocycles. The number of nitrogens with zero attached hydrogens (tertiary/aromatic N) is 2. The number of non-ortho nitro benzene ring substituents is 1. The number of hydrogen-bond donors (Lipinski definition) is 1. The van der Waals surface area contributed by atoms with Gasteiger partial charge >= 0.3 is 0 Å². The standard InChI is InChI=1S/C18H17BrN2O4/c19-15-6-4-14(5-7-15)18(23)8-10-20(11-9-18)17(22)13-2-1-3-16(12-13)21(24)25/h1-7,12,23H,8-11H2. The van der Waals surface area contributed by atoms with Gasteiger partial charge in [0.1, 0.15) is 0 Å². The molecule has 0 aliphatic carbocycles. The Hall–Kier alpha value is -2.25. The fourth-order valence-corrected chi connectivity index (χ4v) is 3.33. The molecular weight excluding hydrogens is 388 g/mol. The summed E-state index contributed by atoms with van der Waals surface area (Å²) in [6.45, 7) is 0.794. The van der Waals surface area contributed by atoms with E-state index in [1.165, 1.54) is 18.2 Å². The van der Waals surface area contributed by atoms with Crippen molar-refractivity contribution < 1.29 is 14.8 Å². The van der Waals surface area contributed by atoms with Crippen molar-refractivity contribution in [3.63, 3.8) is 0 Å². The van der Waals surface area contributed by atoms with Gasteiger partial charge in [-0.1, -0.05) is 34.1 Å². The predicted octanol–water partition coefficient (Wildman–Crippen LogP) is 3.48. The molecule has 1 heterocycles. The number of likely N-dealkylation sites (tertiary alicyclic amines) is 1. The molecule has 0 bridgehead atoms. The van der Waals surface area contributed by atoms with Crippen LogP contribution in [0, 0.1) is 10.1 Å². The second kappa shape index (κ2) is 6.93. The summed E-state index contributed by atoms with van der Waals surface area (Å²) < 4.78 is 0.943. The van der Waals surface area contributed by atoms with E-state index in [0.717, 1.165) is 10.0 Å². The number of nitro groups is 1. The van der Waals surface area contributed by atoms with Crippen LogP contribution in [0.3, 0.4) is 0 Å². The van der Waals surface area contributed by atoms with E-state index < -0.39 is 10.5 Å². The predicted molar refractivity (Wildman–Crippen MR) is 96.3 cm³/mol. The Morgan fingerprint density at radius 2 is 1.80 bits per heavy atom. The summed E-state index contributed by atoms with van der Waals surface area (Å²) in [6.07, 6.45) is 0.852. The summed E-state index contributed by atoms with van der Waals surface area (Å²) >= 11 is 3.38. The lowest BCUT2D eigenvalue weighted by atomic mass is 9.84. The zero-order valence-electron chi connectivity index (χ0n) is 13.4. The fraction of sp³-hybridized carbons (Fsp3) is 0.278. The molecule has 6 nitrogen and oxygen atoms in total. The van der Waals surface area contributed by atoms with Crippen LogP contribution in [0.1, 0.15) is 28.8 Å². The van der Waals surface area contributed by atoms with Crippen molar-refractivity contribution in [1.82, 2.24) is 4.90 Å². The van der Waals surface area contributed by atoms with Gasteiger partial charge in [-0.25, -0.2) is 0 Å². The van der Waals surface area contributed by atoms with E-state index in [1.54, 1.807) is 11.0 Å². The highest BCUT2D eigenvalue weighted by atomic mass is 79.9. The van der Waals surface area contributed by atoms with Crippen molar-refractivity contribution in [2.75, 3.05) is 13.1 Å². The van der Waals surface area contributed by atoms with Gasteiger partial charge in [0, 0.05) is 35.3 Å². The van der Waals surface area contributed by atoms with E-state index in [1.807, 2.05) is 24.3 Å². The van der Waals surface area contributed by atoms with Crippen molar-refractivity contribution in [3.05, 3.63) is 74.2 Å². The van der Waals surface area contributed by atoms with Crippen LogP contribution in [-0.4, -0.2) is 33.9 Å². The number of aliphatic hydroxyl groups is 1. The second-order valence-electron chi connectivity index (χ2n) is 6.14. The molecule has 130 valence electrons. The molecule has 1 aliphatic rings. The molecule has 2 aromatic rings. The second-order valence-corrected chi connectivity index (χ2v) is 7.05. The van der Waals surface area contributed by atoms with Crippen LogP contribution in [0.2, 0.25) is 0 Å². The van der Waals surface area contributed by atoms with E-state index in [9.17, 15) is 20.0 Å². The molecule has 1 amide bonds. The molecule has 3 rings (SSSR count). The normalized spacial score (nSPS) is 16.5. The number of hydrogen-bond acceptors (Lipinski definition) is 4. The van der Waals surface area contributed by atoms with Crippen LogP contribution in [-0.2, 0) is 5.60 Å². The molecule has 1 saturated heterocycles. The number of halogens is 1. The van der Waals surface area contributed by atoms with Gasteiger partial charge in [-0.2, -0.15) is 0 Å². The summed E-state index contributed by atoms with van der Waals surface area (Å²) in [4.78, 5) is 24.6. The first-order chi connectivity index (χ1) is 11.9. The molecule has 1 N–H and O–H groups in total. The molecule has 7 heteroatoms. The quantitative estimate of drug-likeness (QED) is 0.626. The maximum absolute atomic E-state index is 12.6. The average Bonchev–Trinajstić information content (AvgIpc) is 2.62. The minimum absolute atomic E-state index is 0.103. The molecule has 2 aromatic carbocycles. The van der Waals surface area contributed by atoms with Crippen molar-refractivity contribution in [2.24, 2.45) is 0 Å². The molecular formula is C18H17BrN2O4. The van der Waals surface area contributed by atoms with Crippen molar-refractivity contribution >= 4 is 27.5 Å². The molecule has 0 aromatic heterocycles. The van der Waals surface area contributed by atoms with Crippen molar-refractivity contribution in [3.8, 4) is 0 Å². The number of nitro benzene ring substituents is 1. The lowest BCUT2D eigenvalue weighted by Gasteiger charge is -2.38. The number of carbonyl (C=O) groups excluding carboxylic acids is 1.